The number of benzene rings is 3. The van der Waals surface area contributed by atoms with E-state index in [2.05, 4.69) is 21.2 Å². The van der Waals surface area contributed by atoms with E-state index in [-0.39, 0.29) is 25.0 Å². The van der Waals surface area contributed by atoms with Crippen molar-refractivity contribution in [3.8, 4) is 5.75 Å². The van der Waals surface area contributed by atoms with Gasteiger partial charge in [0.15, 0.2) is 6.61 Å². The minimum Gasteiger partial charge on any atom is -0.482 e. The lowest BCUT2D eigenvalue weighted by Gasteiger charge is -2.33. The Hall–Kier alpha value is -2.25. The summed E-state index contributed by atoms with van der Waals surface area (Å²) in [5.74, 6) is -0.284. The maximum atomic E-state index is 13.7. The number of ether oxygens (including phenoxy) is 1. The number of carbonyl (C=O) groups excluding carboxylic acids is 2. The highest BCUT2D eigenvalue weighted by Gasteiger charge is 2.32. The molecule has 3 aromatic rings. The third-order valence-electron chi connectivity index (χ3n) is 5.35. The number of nitrogens with one attached hydrogen (secondary N) is 1. The molecular weight excluding hydrogens is 599 g/mol. The Morgan fingerprint density at radius 1 is 0.919 bits per heavy atom. The van der Waals surface area contributed by atoms with Crippen molar-refractivity contribution >= 4 is 62.5 Å². The number of hydrogen-bond acceptors (Lipinski definition) is 3. The summed E-state index contributed by atoms with van der Waals surface area (Å²) < 4.78 is 6.56. The summed E-state index contributed by atoms with van der Waals surface area (Å²) >= 11 is 22.0. The second-order valence-corrected chi connectivity index (χ2v) is 11.7. The number of carbonyl (C=O) groups is 2. The first-order chi connectivity index (χ1) is 17.4. The Labute approximate surface area is 241 Å². The normalized spacial score (nSPS) is 12.1. The van der Waals surface area contributed by atoms with Gasteiger partial charge < -0.3 is 15.0 Å². The zero-order chi connectivity index (χ0) is 27.2. The minimum absolute atomic E-state index is 0.127. The van der Waals surface area contributed by atoms with Crippen molar-refractivity contribution in [3.05, 3.63) is 97.4 Å². The second-order valence-electron chi connectivity index (χ2n) is 9.58. The molecule has 2 amide bonds. The van der Waals surface area contributed by atoms with Gasteiger partial charge in [0.2, 0.25) is 5.91 Å². The molecule has 3 rings (SSSR count). The molecule has 1 N–H and O–H groups in total. The van der Waals surface area contributed by atoms with Crippen LogP contribution >= 0.6 is 50.7 Å². The van der Waals surface area contributed by atoms with Crippen molar-refractivity contribution < 1.29 is 14.3 Å². The fourth-order valence-corrected chi connectivity index (χ4v) is 4.70. The maximum Gasteiger partial charge on any atom is 0.261 e. The van der Waals surface area contributed by atoms with Crippen molar-refractivity contribution in [3.63, 3.8) is 0 Å². The molecule has 0 aliphatic carbocycles. The van der Waals surface area contributed by atoms with Crippen LogP contribution in [0.4, 0.5) is 0 Å². The van der Waals surface area contributed by atoms with Crippen molar-refractivity contribution in [2.75, 3.05) is 6.61 Å². The first kappa shape index (κ1) is 29.3. The molecule has 0 aromatic heterocycles. The Morgan fingerprint density at radius 3 is 2.24 bits per heavy atom. The van der Waals surface area contributed by atoms with Crippen LogP contribution in [0.3, 0.4) is 0 Å². The van der Waals surface area contributed by atoms with Gasteiger partial charge in [-0.2, -0.15) is 0 Å². The Balaban J connectivity index is 1.96. The van der Waals surface area contributed by atoms with E-state index in [0.717, 1.165) is 15.6 Å². The van der Waals surface area contributed by atoms with E-state index in [4.69, 9.17) is 39.5 Å². The van der Waals surface area contributed by atoms with Gasteiger partial charge in [-0.05, 0) is 62.2 Å². The predicted octanol–water partition coefficient (Wildman–Crippen LogP) is 7.34. The number of amides is 2. The van der Waals surface area contributed by atoms with E-state index in [1.54, 1.807) is 36.4 Å². The second kappa shape index (κ2) is 13.0. The Kier molecular flexibility index (Phi) is 10.3. The van der Waals surface area contributed by atoms with Crippen LogP contribution in [0.1, 0.15) is 31.9 Å². The maximum absolute atomic E-state index is 13.7. The standard InChI is InChI=1S/C28H28BrCl3N2O3/c1-28(2,3)33-27(36)24(14-18-7-5-4-6-8-18)34(16-19-9-11-21(30)22(31)13-19)26(35)17-37-25-12-10-20(29)15-23(25)32/h4-13,15,24H,14,16-17H2,1-3H3,(H,33,36). The Bertz CT molecular complexity index is 1250. The molecule has 0 spiro atoms. The van der Waals surface area contributed by atoms with E-state index < -0.39 is 11.6 Å². The van der Waals surface area contributed by atoms with E-state index in [9.17, 15) is 9.59 Å². The lowest BCUT2D eigenvalue weighted by molar-refractivity contribution is -0.143. The molecule has 0 aliphatic heterocycles. The highest BCUT2D eigenvalue weighted by molar-refractivity contribution is 9.10. The highest BCUT2D eigenvalue weighted by Crippen LogP contribution is 2.28. The van der Waals surface area contributed by atoms with E-state index in [1.807, 2.05) is 51.1 Å². The van der Waals surface area contributed by atoms with Gasteiger partial charge in [0.25, 0.3) is 5.91 Å². The lowest BCUT2D eigenvalue weighted by Crippen LogP contribution is -2.55. The zero-order valence-corrected chi connectivity index (χ0v) is 24.6. The van der Waals surface area contributed by atoms with Gasteiger partial charge >= 0.3 is 0 Å². The lowest BCUT2D eigenvalue weighted by atomic mass is 10.0. The molecule has 37 heavy (non-hydrogen) atoms. The molecule has 0 radical (unpaired) electrons. The summed E-state index contributed by atoms with van der Waals surface area (Å²) in [6.07, 6.45) is 0.314. The van der Waals surface area contributed by atoms with Crippen molar-refractivity contribution in [2.24, 2.45) is 0 Å². The third-order valence-corrected chi connectivity index (χ3v) is 6.88. The summed E-state index contributed by atoms with van der Waals surface area (Å²) in [4.78, 5) is 28.7. The molecule has 0 saturated heterocycles. The van der Waals surface area contributed by atoms with Crippen LogP contribution in [-0.2, 0) is 22.6 Å². The first-order valence-corrected chi connectivity index (χ1v) is 13.5. The SMILES string of the molecule is CC(C)(C)NC(=O)C(Cc1ccccc1)N(Cc1ccc(Cl)c(Cl)c1)C(=O)COc1ccc(Br)cc1Cl. The summed E-state index contributed by atoms with van der Waals surface area (Å²) in [7, 11) is 0. The van der Waals surface area contributed by atoms with Crippen LogP contribution in [0, 0.1) is 0 Å². The van der Waals surface area contributed by atoms with Gasteiger partial charge in [-0.15, -0.1) is 0 Å². The van der Waals surface area contributed by atoms with Crippen LogP contribution in [0.5, 0.6) is 5.75 Å². The number of hydrogen-bond donors (Lipinski definition) is 1. The average molecular weight is 627 g/mol. The highest BCUT2D eigenvalue weighted by atomic mass is 79.9. The van der Waals surface area contributed by atoms with Crippen LogP contribution in [-0.4, -0.2) is 34.9 Å². The van der Waals surface area contributed by atoms with Gasteiger partial charge in [0.1, 0.15) is 11.8 Å². The summed E-state index contributed by atoms with van der Waals surface area (Å²) in [6, 6.07) is 19.0. The molecule has 5 nitrogen and oxygen atoms in total. The molecule has 1 unspecified atom stereocenters. The van der Waals surface area contributed by atoms with Crippen molar-refractivity contribution in [1.82, 2.24) is 10.2 Å². The number of halogens is 4. The topological polar surface area (TPSA) is 58.6 Å². The fourth-order valence-electron chi connectivity index (χ4n) is 3.66. The minimum atomic E-state index is -0.812. The van der Waals surface area contributed by atoms with Crippen molar-refractivity contribution in [1.29, 1.82) is 0 Å². The van der Waals surface area contributed by atoms with Gasteiger partial charge in [-0.3, -0.25) is 9.59 Å². The largest absolute Gasteiger partial charge is 0.482 e. The molecule has 196 valence electrons. The van der Waals surface area contributed by atoms with Crippen LogP contribution in [0.2, 0.25) is 15.1 Å². The molecule has 1 atom stereocenters. The average Bonchev–Trinajstić information content (AvgIpc) is 2.82. The molecule has 0 fully saturated rings. The smallest absolute Gasteiger partial charge is 0.261 e. The predicted molar refractivity (Wildman–Crippen MR) is 153 cm³/mol. The Morgan fingerprint density at radius 2 is 1.62 bits per heavy atom. The van der Waals surface area contributed by atoms with E-state index >= 15 is 0 Å². The molecule has 0 heterocycles. The van der Waals surface area contributed by atoms with Crippen molar-refractivity contribution in [2.45, 2.75) is 45.3 Å². The summed E-state index contributed by atoms with van der Waals surface area (Å²) in [5, 5.41) is 4.16. The number of nitrogens with zero attached hydrogens (tertiary/aromatic N) is 1. The van der Waals surface area contributed by atoms with Crippen LogP contribution in [0.15, 0.2) is 71.2 Å². The molecule has 0 bridgehead atoms. The molecule has 9 heteroatoms. The zero-order valence-electron chi connectivity index (χ0n) is 20.7. The molecule has 3 aromatic carbocycles. The van der Waals surface area contributed by atoms with Gasteiger partial charge in [-0.25, -0.2) is 0 Å². The third kappa shape index (κ3) is 8.92. The van der Waals surface area contributed by atoms with Gasteiger partial charge in [-0.1, -0.05) is 87.1 Å². The molecule has 0 aliphatic rings. The molecule has 0 saturated carbocycles. The molecular formula is C28H28BrCl3N2O3. The van der Waals surface area contributed by atoms with Crippen LogP contribution < -0.4 is 10.1 Å². The first-order valence-electron chi connectivity index (χ1n) is 11.6. The van der Waals surface area contributed by atoms with Gasteiger partial charge in [0, 0.05) is 23.0 Å². The quantitative estimate of drug-likeness (QED) is 0.270. The van der Waals surface area contributed by atoms with Gasteiger partial charge in [0.05, 0.1) is 15.1 Å². The van der Waals surface area contributed by atoms with Crippen LogP contribution in [0.25, 0.3) is 0 Å². The monoisotopic (exact) mass is 624 g/mol. The summed E-state index contributed by atoms with van der Waals surface area (Å²) in [5.41, 5.74) is 1.15. The summed E-state index contributed by atoms with van der Waals surface area (Å²) in [6.45, 7) is 5.51. The number of rotatable bonds is 9. The van der Waals surface area contributed by atoms with E-state index in [0.29, 0.717) is 27.2 Å². The van der Waals surface area contributed by atoms with E-state index in [1.165, 1.54) is 4.90 Å². The fraction of sp³-hybridized carbons (Fsp3) is 0.286.